The van der Waals surface area contributed by atoms with Gasteiger partial charge in [0.2, 0.25) is 0 Å². The molecule has 4 nitrogen and oxygen atoms in total. The van der Waals surface area contributed by atoms with Gasteiger partial charge in [0.15, 0.2) is 5.96 Å². The maximum atomic E-state index is 5.15. The summed E-state index contributed by atoms with van der Waals surface area (Å²) >= 11 is 0. The van der Waals surface area contributed by atoms with E-state index in [1.807, 2.05) is 0 Å². The molecule has 0 spiro atoms. The standard InChI is InChI=1S/C15H23N3O.HI/c1-3-16-15(18-14-7-8-14)17-10-12-5-4-6-13(9-12)11-19-2;/h4-6,9,14H,3,7-8,10-11H2,1-2H3,(H2,16,17,18);1H. The Labute approximate surface area is 138 Å². The van der Waals surface area contributed by atoms with E-state index in [4.69, 9.17) is 4.74 Å². The van der Waals surface area contributed by atoms with Gasteiger partial charge in [-0.1, -0.05) is 24.3 Å². The van der Waals surface area contributed by atoms with Crippen LogP contribution in [-0.2, 0) is 17.9 Å². The van der Waals surface area contributed by atoms with E-state index in [1.54, 1.807) is 7.11 Å². The Balaban J connectivity index is 0.00000200. The first kappa shape index (κ1) is 17.2. The van der Waals surface area contributed by atoms with E-state index >= 15 is 0 Å². The van der Waals surface area contributed by atoms with Crippen molar-refractivity contribution in [1.82, 2.24) is 10.6 Å². The number of aliphatic imine (C=N–C) groups is 1. The SMILES string of the molecule is CCNC(=NCc1cccc(COC)c1)NC1CC1.I. The van der Waals surface area contributed by atoms with Crippen LogP contribution in [0.1, 0.15) is 30.9 Å². The minimum Gasteiger partial charge on any atom is -0.380 e. The third kappa shape index (κ3) is 6.09. The number of nitrogens with one attached hydrogen (secondary N) is 2. The van der Waals surface area contributed by atoms with Crippen molar-refractivity contribution in [3.63, 3.8) is 0 Å². The third-order valence-electron chi connectivity index (χ3n) is 2.98. The number of rotatable bonds is 6. The normalized spacial score (nSPS) is 14.6. The first-order valence-electron chi connectivity index (χ1n) is 6.93. The number of ether oxygens (including phenoxy) is 1. The molecule has 1 aliphatic rings. The van der Waals surface area contributed by atoms with E-state index < -0.39 is 0 Å². The highest BCUT2D eigenvalue weighted by molar-refractivity contribution is 14.0. The molecule has 0 radical (unpaired) electrons. The summed E-state index contributed by atoms with van der Waals surface area (Å²) in [6, 6.07) is 9.00. The fourth-order valence-corrected chi connectivity index (χ4v) is 1.90. The van der Waals surface area contributed by atoms with Crippen molar-refractivity contribution >= 4 is 29.9 Å². The highest BCUT2D eigenvalue weighted by Gasteiger charge is 2.21. The van der Waals surface area contributed by atoms with Crippen molar-refractivity contribution in [2.75, 3.05) is 13.7 Å². The molecule has 0 atom stereocenters. The first-order valence-corrected chi connectivity index (χ1v) is 6.93. The van der Waals surface area contributed by atoms with Crippen molar-refractivity contribution in [3.05, 3.63) is 35.4 Å². The Bertz CT molecular complexity index is 433. The number of hydrogen-bond acceptors (Lipinski definition) is 2. The molecule has 112 valence electrons. The second kappa shape index (κ2) is 9.18. The van der Waals surface area contributed by atoms with Gasteiger partial charge in [-0.2, -0.15) is 0 Å². The summed E-state index contributed by atoms with van der Waals surface area (Å²) in [5, 5.41) is 6.69. The van der Waals surface area contributed by atoms with Crippen LogP contribution < -0.4 is 10.6 Å². The highest BCUT2D eigenvalue weighted by Crippen LogP contribution is 2.18. The number of nitrogens with zero attached hydrogens (tertiary/aromatic N) is 1. The lowest BCUT2D eigenvalue weighted by Crippen LogP contribution is -2.38. The Morgan fingerprint density at radius 1 is 1.35 bits per heavy atom. The number of hydrogen-bond donors (Lipinski definition) is 2. The summed E-state index contributed by atoms with van der Waals surface area (Å²) in [4.78, 5) is 4.62. The van der Waals surface area contributed by atoms with Gasteiger partial charge in [0.05, 0.1) is 13.2 Å². The van der Waals surface area contributed by atoms with E-state index in [9.17, 15) is 0 Å². The van der Waals surface area contributed by atoms with E-state index in [1.165, 1.54) is 24.0 Å². The van der Waals surface area contributed by atoms with E-state index in [0.29, 0.717) is 19.2 Å². The van der Waals surface area contributed by atoms with Gasteiger partial charge in [-0.3, -0.25) is 0 Å². The van der Waals surface area contributed by atoms with Crippen molar-refractivity contribution in [2.24, 2.45) is 4.99 Å². The molecule has 2 rings (SSSR count). The fourth-order valence-electron chi connectivity index (χ4n) is 1.90. The van der Waals surface area contributed by atoms with Gasteiger partial charge in [0, 0.05) is 19.7 Å². The van der Waals surface area contributed by atoms with Crippen LogP contribution in [0.5, 0.6) is 0 Å². The summed E-state index contributed by atoms with van der Waals surface area (Å²) in [5.74, 6) is 0.919. The molecule has 1 saturated carbocycles. The smallest absolute Gasteiger partial charge is 0.191 e. The maximum Gasteiger partial charge on any atom is 0.191 e. The largest absolute Gasteiger partial charge is 0.380 e. The first-order chi connectivity index (χ1) is 9.31. The predicted molar refractivity (Wildman–Crippen MR) is 93.5 cm³/mol. The summed E-state index contributed by atoms with van der Waals surface area (Å²) < 4.78 is 5.15. The second-order valence-electron chi connectivity index (χ2n) is 4.87. The van der Waals surface area contributed by atoms with Crippen LogP contribution in [0.3, 0.4) is 0 Å². The number of benzene rings is 1. The predicted octanol–water partition coefficient (Wildman–Crippen LogP) is 2.67. The minimum atomic E-state index is 0. The lowest BCUT2D eigenvalue weighted by molar-refractivity contribution is 0.185. The van der Waals surface area contributed by atoms with E-state index in [0.717, 1.165) is 12.5 Å². The Hall–Kier alpha value is -0.820. The van der Waals surface area contributed by atoms with Gasteiger partial charge in [0.25, 0.3) is 0 Å². The van der Waals surface area contributed by atoms with Gasteiger partial charge < -0.3 is 15.4 Å². The van der Waals surface area contributed by atoms with Crippen LogP contribution in [-0.4, -0.2) is 25.7 Å². The Morgan fingerprint density at radius 3 is 2.75 bits per heavy atom. The number of halogens is 1. The lowest BCUT2D eigenvalue weighted by Gasteiger charge is -2.10. The van der Waals surface area contributed by atoms with Crippen molar-refractivity contribution in [1.29, 1.82) is 0 Å². The van der Waals surface area contributed by atoms with E-state index in [-0.39, 0.29) is 24.0 Å². The molecule has 0 aliphatic heterocycles. The van der Waals surface area contributed by atoms with Crippen LogP contribution in [0.2, 0.25) is 0 Å². The molecular weight excluding hydrogens is 365 g/mol. The van der Waals surface area contributed by atoms with Gasteiger partial charge >= 0.3 is 0 Å². The topological polar surface area (TPSA) is 45.7 Å². The molecule has 20 heavy (non-hydrogen) atoms. The lowest BCUT2D eigenvalue weighted by atomic mass is 10.1. The second-order valence-corrected chi connectivity index (χ2v) is 4.87. The highest BCUT2D eigenvalue weighted by atomic mass is 127. The molecule has 0 unspecified atom stereocenters. The van der Waals surface area contributed by atoms with Crippen LogP contribution in [0.15, 0.2) is 29.3 Å². The molecule has 5 heteroatoms. The van der Waals surface area contributed by atoms with Gasteiger partial charge in [0.1, 0.15) is 0 Å². The molecular formula is C15H24IN3O. The minimum absolute atomic E-state index is 0. The summed E-state index contributed by atoms with van der Waals surface area (Å²) in [6.07, 6.45) is 2.52. The molecule has 1 fully saturated rings. The molecule has 0 saturated heterocycles. The zero-order valence-electron chi connectivity index (χ0n) is 12.2. The van der Waals surface area contributed by atoms with E-state index in [2.05, 4.69) is 46.8 Å². The van der Waals surface area contributed by atoms with Crippen LogP contribution in [0.25, 0.3) is 0 Å². The van der Waals surface area contributed by atoms with Crippen LogP contribution in [0.4, 0.5) is 0 Å². The Morgan fingerprint density at radius 2 is 2.10 bits per heavy atom. The van der Waals surface area contributed by atoms with Gasteiger partial charge in [-0.05, 0) is 30.9 Å². The molecule has 0 bridgehead atoms. The van der Waals surface area contributed by atoms with Gasteiger partial charge in [-0.25, -0.2) is 4.99 Å². The van der Waals surface area contributed by atoms with Gasteiger partial charge in [-0.15, -0.1) is 24.0 Å². The summed E-state index contributed by atoms with van der Waals surface area (Å²) in [7, 11) is 1.72. The molecule has 0 heterocycles. The molecule has 1 aromatic rings. The monoisotopic (exact) mass is 389 g/mol. The molecule has 2 N–H and O–H groups in total. The zero-order valence-corrected chi connectivity index (χ0v) is 14.5. The maximum absolute atomic E-state index is 5.15. The van der Waals surface area contributed by atoms with Crippen LogP contribution >= 0.6 is 24.0 Å². The average molecular weight is 389 g/mol. The van der Waals surface area contributed by atoms with Crippen molar-refractivity contribution < 1.29 is 4.74 Å². The summed E-state index contributed by atoms with van der Waals surface area (Å²) in [6.45, 7) is 4.32. The quantitative estimate of drug-likeness (QED) is 0.447. The fraction of sp³-hybridized carbons (Fsp3) is 0.533. The molecule has 1 aliphatic carbocycles. The zero-order chi connectivity index (χ0) is 13.5. The third-order valence-corrected chi connectivity index (χ3v) is 2.98. The average Bonchev–Trinajstić information content (AvgIpc) is 3.21. The number of guanidine groups is 1. The molecule has 0 amide bonds. The molecule has 0 aromatic heterocycles. The van der Waals surface area contributed by atoms with Crippen molar-refractivity contribution in [3.8, 4) is 0 Å². The van der Waals surface area contributed by atoms with Crippen LogP contribution in [0, 0.1) is 0 Å². The summed E-state index contributed by atoms with van der Waals surface area (Å²) in [5.41, 5.74) is 2.40. The Kier molecular flexibility index (Phi) is 7.91. The van der Waals surface area contributed by atoms with Crippen molar-refractivity contribution in [2.45, 2.75) is 39.0 Å². The number of methoxy groups -OCH3 is 1. The molecule has 1 aromatic carbocycles.